The van der Waals surface area contributed by atoms with E-state index >= 15 is 0 Å². The molecule has 2 aromatic carbocycles. The Morgan fingerprint density at radius 3 is 2.41 bits per heavy atom. The molecule has 2 atom stereocenters. The predicted octanol–water partition coefficient (Wildman–Crippen LogP) is 3.87. The fourth-order valence-corrected chi connectivity index (χ4v) is 3.88. The summed E-state index contributed by atoms with van der Waals surface area (Å²) in [5.41, 5.74) is 1.38. The van der Waals surface area contributed by atoms with Gasteiger partial charge in [-0.15, -0.1) is 0 Å². The lowest BCUT2D eigenvalue weighted by atomic mass is 9.90. The van der Waals surface area contributed by atoms with Crippen molar-refractivity contribution in [2.24, 2.45) is 0 Å². The number of likely N-dealkylation sites (tertiary alicyclic amines) is 1. The highest BCUT2D eigenvalue weighted by Gasteiger charge is 2.37. The minimum absolute atomic E-state index is 0.366. The third-order valence-corrected chi connectivity index (χ3v) is 5.06. The molecule has 1 saturated heterocycles. The topological polar surface area (TPSA) is 59.0 Å². The van der Waals surface area contributed by atoms with E-state index in [9.17, 15) is 14.3 Å². The van der Waals surface area contributed by atoms with E-state index in [1.807, 2.05) is 29.2 Å². The SMILES string of the molecule is COc1cccc(OC)c1C(c1cccc(F)c1)N1CCCCC1C(=O)O. The van der Waals surface area contributed by atoms with Crippen LogP contribution in [0.3, 0.4) is 0 Å². The average molecular weight is 373 g/mol. The Bertz CT molecular complexity index is 788. The monoisotopic (exact) mass is 373 g/mol. The highest BCUT2D eigenvalue weighted by atomic mass is 19.1. The van der Waals surface area contributed by atoms with Crippen molar-refractivity contribution in [2.75, 3.05) is 20.8 Å². The minimum Gasteiger partial charge on any atom is -0.496 e. The molecule has 1 aliphatic heterocycles. The second kappa shape index (κ2) is 8.39. The van der Waals surface area contributed by atoms with E-state index in [0.717, 1.165) is 12.8 Å². The second-order valence-corrected chi connectivity index (χ2v) is 6.62. The second-order valence-electron chi connectivity index (χ2n) is 6.62. The zero-order valence-corrected chi connectivity index (χ0v) is 15.5. The molecule has 2 aromatic rings. The summed E-state index contributed by atoms with van der Waals surface area (Å²) >= 11 is 0. The number of hydrogen-bond donors (Lipinski definition) is 1. The van der Waals surface area contributed by atoms with Gasteiger partial charge in [-0.05, 0) is 49.2 Å². The molecule has 0 amide bonds. The van der Waals surface area contributed by atoms with Gasteiger partial charge in [-0.3, -0.25) is 9.69 Å². The summed E-state index contributed by atoms with van der Waals surface area (Å²) in [6, 6.07) is 10.6. The largest absolute Gasteiger partial charge is 0.496 e. The average Bonchev–Trinajstić information content (AvgIpc) is 2.68. The van der Waals surface area contributed by atoms with Crippen molar-refractivity contribution in [2.45, 2.75) is 31.3 Å². The maximum Gasteiger partial charge on any atom is 0.320 e. The number of aliphatic carboxylic acids is 1. The van der Waals surface area contributed by atoms with Gasteiger partial charge in [-0.2, -0.15) is 0 Å². The maximum atomic E-state index is 14.0. The van der Waals surface area contributed by atoms with Crippen LogP contribution in [0.1, 0.15) is 36.4 Å². The van der Waals surface area contributed by atoms with Crippen LogP contribution in [0.15, 0.2) is 42.5 Å². The minimum atomic E-state index is -0.870. The quantitative estimate of drug-likeness (QED) is 0.833. The van der Waals surface area contributed by atoms with Gasteiger partial charge in [0, 0.05) is 0 Å². The van der Waals surface area contributed by atoms with Gasteiger partial charge < -0.3 is 14.6 Å². The van der Waals surface area contributed by atoms with Crippen molar-refractivity contribution in [3.05, 3.63) is 59.4 Å². The van der Waals surface area contributed by atoms with E-state index in [1.54, 1.807) is 20.3 Å². The van der Waals surface area contributed by atoms with Gasteiger partial charge in [-0.1, -0.05) is 24.6 Å². The Hall–Kier alpha value is -2.60. The Morgan fingerprint density at radius 1 is 1.15 bits per heavy atom. The molecular weight excluding hydrogens is 349 g/mol. The number of benzene rings is 2. The Kier molecular flexibility index (Phi) is 5.96. The van der Waals surface area contributed by atoms with Crippen LogP contribution >= 0.6 is 0 Å². The van der Waals surface area contributed by atoms with Crippen molar-refractivity contribution < 1.29 is 23.8 Å². The molecule has 3 rings (SSSR count). The van der Waals surface area contributed by atoms with Crippen LogP contribution in [0, 0.1) is 5.82 Å². The molecule has 0 aliphatic carbocycles. The van der Waals surface area contributed by atoms with E-state index in [1.165, 1.54) is 12.1 Å². The lowest BCUT2D eigenvalue weighted by molar-refractivity contribution is -0.145. The summed E-state index contributed by atoms with van der Waals surface area (Å²) in [6.45, 7) is 0.597. The summed E-state index contributed by atoms with van der Waals surface area (Å²) in [7, 11) is 3.12. The number of halogens is 1. The molecule has 1 fully saturated rings. The van der Waals surface area contributed by atoms with Gasteiger partial charge in [0.15, 0.2) is 0 Å². The van der Waals surface area contributed by atoms with E-state index in [4.69, 9.17) is 9.47 Å². The van der Waals surface area contributed by atoms with Crippen molar-refractivity contribution in [3.63, 3.8) is 0 Å². The van der Waals surface area contributed by atoms with E-state index in [0.29, 0.717) is 35.6 Å². The van der Waals surface area contributed by atoms with Gasteiger partial charge in [0.2, 0.25) is 0 Å². The highest BCUT2D eigenvalue weighted by Crippen LogP contribution is 2.43. The lowest BCUT2D eigenvalue weighted by Gasteiger charge is -2.40. The molecule has 27 heavy (non-hydrogen) atoms. The smallest absolute Gasteiger partial charge is 0.320 e. The zero-order valence-electron chi connectivity index (χ0n) is 15.5. The molecule has 0 saturated carbocycles. The summed E-state index contributed by atoms with van der Waals surface area (Å²) in [5.74, 6) is -0.0723. The van der Waals surface area contributed by atoms with Crippen LogP contribution in [-0.2, 0) is 4.79 Å². The number of carbonyl (C=O) groups is 1. The van der Waals surface area contributed by atoms with Crippen LogP contribution in [0.4, 0.5) is 4.39 Å². The van der Waals surface area contributed by atoms with E-state index in [2.05, 4.69) is 0 Å². The van der Waals surface area contributed by atoms with Crippen molar-refractivity contribution in [1.29, 1.82) is 0 Å². The lowest BCUT2D eigenvalue weighted by Crippen LogP contribution is -2.47. The van der Waals surface area contributed by atoms with E-state index < -0.39 is 18.1 Å². The van der Waals surface area contributed by atoms with Crippen LogP contribution in [0.5, 0.6) is 11.5 Å². The summed E-state index contributed by atoms with van der Waals surface area (Å²) in [5, 5.41) is 9.78. The first-order valence-electron chi connectivity index (χ1n) is 9.01. The van der Waals surface area contributed by atoms with Gasteiger partial charge in [0.1, 0.15) is 23.4 Å². The third kappa shape index (κ3) is 3.90. The number of methoxy groups -OCH3 is 2. The normalized spacial score (nSPS) is 18.7. The molecule has 144 valence electrons. The third-order valence-electron chi connectivity index (χ3n) is 5.06. The molecule has 6 heteroatoms. The molecule has 2 unspecified atom stereocenters. The van der Waals surface area contributed by atoms with Gasteiger partial charge in [-0.25, -0.2) is 4.39 Å². The first-order valence-corrected chi connectivity index (χ1v) is 9.01. The number of rotatable bonds is 6. The standard InChI is InChI=1S/C21H24FNO4/c1-26-17-10-6-11-18(27-2)19(17)20(14-7-5-8-15(22)13-14)23-12-4-3-9-16(23)21(24)25/h5-8,10-11,13,16,20H,3-4,9,12H2,1-2H3,(H,24,25). The highest BCUT2D eigenvalue weighted by molar-refractivity contribution is 5.74. The number of nitrogens with zero attached hydrogens (tertiary/aromatic N) is 1. The first-order chi connectivity index (χ1) is 13.1. The van der Waals surface area contributed by atoms with Crippen LogP contribution in [0.2, 0.25) is 0 Å². The molecular formula is C21H24FNO4. The molecule has 0 bridgehead atoms. The molecule has 5 nitrogen and oxygen atoms in total. The molecule has 1 N–H and O–H groups in total. The number of ether oxygens (including phenoxy) is 2. The fourth-order valence-electron chi connectivity index (χ4n) is 3.88. The number of hydrogen-bond acceptors (Lipinski definition) is 4. The molecule has 1 heterocycles. The Labute approximate surface area is 158 Å². The molecule has 0 radical (unpaired) electrons. The molecule has 0 spiro atoms. The summed E-state index contributed by atoms with van der Waals surface area (Å²) in [4.78, 5) is 13.8. The summed E-state index contributed by atoms with van der Waals surface area (Å²) < 4.78 is 25.2. The van der Waals surface area contributed by atoms with Crippen LogP contribution < -0.4 is 9.47 Å². The van der Waals surface area contributed by atoms with Crippen molar-refractivity contribution in [3.8, 4) is 11.5 Å². The number of carboxylic acid groups (broad SMARTS) is 1. The summed E-state index contributed by atoms with van der Waals surface area (Å²) in [6.07, 6.45) is 2.29. The Balaban J connectivity index is 2.21. The van der Waals surface area contributed by atoms with Gasteiger partial charge >= 0.3 is 5.97 Å². The first kappa shape index (κ1) is 19.2. The number of carboxylic acids is 1. The predicted molar refractivity (Wildman–Crippen MR) is 99.8 cm³/mol. The fraction of sp³-hybridized carbons (Fsp3) is 0.381. The van der Waals surface area contributed by atoms with Gasteiger partial charge in [0.25, 0.3) is 0 Å². The molecule has 1 aliphatic rings. The number of piperidine rings is 1. The molecule has 0 aromatic heterocycles. The van der Waals surface area contributed by atoms with Gasteiger partial charge in [0.05, 0.1) is 25.8 Å². The Morgan fingerprint density at radius 2 is 1.81 bits per heavy atom. The zero-order chi connectivity index (χ0) is 19.4. The van der Waals surface area contributed by atoms with Crippen LogP contribution in [-0.4, -0.2) is 42.8 Å². The van der Waals surface area contributed by atoms with E-state index in [-0.39, 0.29) is 5.82 Å². The van der Waals surface area contributed by atoms with Crippen molar-refractivity contribution >= 4 is 5.97 Å². The maximum absolute atomic E-state index is 14.0. The van der Waals surface area contributed by atoms with Crippen molar-refractivity contribution in [1.82, 2.24) is 4.90 Å². The van der Waals surface area contributed by atoms with Crippen LogP contribution in [0.25, 0.3) is 0 Å².